The number of carbonyl (C=O) groups excluding carboxylic acids is 1. The number of benzene rings is 1. The van der Waals surface area contributed by atoms with E-state index in [0.717, 1.165) is 6.07 Å². The second kappa shape index (κ2) is 5.58. The molecule has 7 nitrogen and oxygen atoms in total. The topological polar surface area (TPSA) is 118 Å². The average molecular weight is 251 g/mol. The molecule has 0 heterocycles. The van der Waals surface area contributed by atoms with Crippen LogP contribution < -0.4 is 0 Å². The van der Waals surface area contributed by atoms with Crippen molar-refractivity contribution in [1.29, 1.82) is 0 Å². The van der Waals surface area contributed by atoms with Crippen molar-refractivity contribution in [3.63, 3.8) is 0 Å². The van der Waals surface area contributed by atoms with E-state index in [1.54, 1.807) is 0 Å². The van der Waals surface area contributed by atoms with Gasteiger partial charge in [0.1, 0.15) is 0 Å². The van der Waals surface area contributed by atoms with Crippen LogP contribution in [0.4, 0.5) is 5.69 Å². The van der Waals surface area contributed by atoms with E-state index >= 15 is 0 Å². The van der Waals surface area contributed by atoms with Crippen LogP contribution >= 0.6 is 0 Å². The summed E-state index contributed by atoms with van der Waals surface area (Å²) in [5, 5.41) is 28.5. The van der Waals surface area contributed by atoms with E-state index in [1.165, 1.54) is 18.2 Å². The Bertz CT molecular complexity index is 535. The second-order valence-corrected chi connectivity index (χ2v) is 3.35. The van der Waals surface area contributed by atoms with Crippen LogP contribution in [0.1, 0.15) is 22.3 Å². The normalized spacial score (nSPS) is 10.4. The third-order valence-electron chi connectivity index (χ3n) is 2.07. The van der Waals surface area contributed by atoms with E-state index in [9.17, 15) is 24.8 Å². The molecule has 94 valence electrons. The molecule has 0 saturated carbocycles. The lowest BCUT2D eigenvalue weighted by atomic mass is 10.1. The number of nitro groups is 1. The minimum absolute atomic E-state index is 0.223. The maximum absolute atomic E-state index is 10.6. The van der Waals surface area contributed by atoms with E-state index in [-0.39, 0.29) is 23.8 Å². The molecule has 0 amide bonds. The number of carbonyl (C=O) groups is 2. The molecular formula is C11H9NO6. The Morgan fingerprint density at radius 3 is 2.61 bits per heavy atom. The summed E-state index contributed by atoms with van der Waals surface area (Å²) >= 11 is 0. The predicted molar refractivity (Wildman–Crippen MR) is 61.4 cm³/mol. The highest BCUT2D eigenvalue weighted by molar-refractivity contribution is 5.84. The molecule has 2 N–H and O–H groups in total. The van der Waals surface area contributed by atoms with Crippen LogP contribution in [-0.4, -0.2) is 27.4 Å². The molecule has 0 saturated heterocycles. The zero-order valence-corrected chi connectivity index (χ0v) is 9.07. The van der Waals surface area contributed by atoms with Gasteiger partial charge in [0.2, 0.25) is 5.75 Å². The molecule has 0 bridgehead atoms. The lowest BCUT2D eigenvalue weighted by Gasteiger charge is -2.01. The standard InChI is InChI=1S/C11H9NO6/c13-6-8-4-7(2-1-3-10(14)15)5-9(11(8)16)12(17)18/h1-2,4-6,16H,3H2,(H,14,15). The molecule has 0 aliphatic rings. The monoisotopic (exact) mass is 251 g/mol. The van der Waals surface area contributed by atoms with Gasteiger partial charge < -0.3 is 10.2 Å². The summed E-state index contributed by atoms with van der Waals surface area (Å²) in [4.78, 5) is 30.7. The molecule has 1 rings (SSSR count). The Hall–Kier alpha value is -2.70. The number of phenols is 1. The molecular weight excluding hydrogens is 242 g/mol. The molecule has 0 aliphatic heterocycles. The molecule has 0 spiro atoms. The molecule has 1 aromatic rings. The lowest BCUT2D eigenvalue weighted by Crippen LogP contribution is -1.94. The largest absolute Gasteiger partial charge is 0.502 e. The van der Waals surface area contributed by atoms with Crippen LogP contribution in [0.15, 0.2) is 18.2 Å². The van der Waals surface area contributed by atoms with Crippen molar-refractivity contribution in [2.24, 2.45) is 0 Å². The first-order valence-corrected chi connectivity index (χ1v) is 4.80. The number of nitrogens with zero attached hydrogens (tertiary/aromatic N) is 1. The van der Waals surface area contributed by atoms with Gasteiger partial charge in [-0.1, -0.05) is 12.2 Å². The number of aliphatic carboxylic acids is 1. The molecule has 0 aromatic heterocycles. The minimum atomic E-state index is -1.05. The zero-order chi connectivity index (χ0) is 13.7. The Morgan fingerprint density at radius 2 is 2.11 bits per heavy atom. The van der Waals surface area contributed by atoms with Gasteiger partial charge in [0.05, 0.1) is 16.9 Å². The highest BCUT2D eigenvalue weighted by Crippen LogP contribution is 2.30. The molecule has 0 radical (unpaired) electrons. The lowest BCUT2D eigenvalue weighted by molar-refractivity contribution is -0.385. The highest BCUT2D eigenvalue weighted by atomic mass is 16.6. The molecule has 1 aromatic carbocycles. The summed E-state index contributed by atoms with van der Waals surface area (Å²) in [5.74, 6) is -1.75. The van der Waals surface area contributed by atoms with Crippen molar-refractivity contribution in [3.05, 3.63) is 39.4 Å². The summed E-state index contributed by atoms with van der Waals surface area (Å²) in [6.07, 6.45) is 2.66. The summed E-state index contributed by atoms with van der Waals surface area (Å²) in [6.45, 7) is 0. The van der Waals surface area contributed by atoms with Crippen LogP contribution in [0.2, 0.25) is 0 Å². The van der Waals surface area contributed by atoms with Crippen molar-refractivity contribution in [1.82, 2.24) is 0 Å². The highest BCUT2D eigenvalue weighted by Gasteiger charge is 2.17. The van der Waals surface area contributed by atoms with Crippen molar-refractivity contribution in [2.75, 3.05) is 0 Å². The number of aromatic hydroxyl groups is 1. The van der Waals surface area contributed by atoms with Gasteiger partial charge in [-0.3, -0.25) is 19.7 Å². The predicted octanol–water partition coefficient (Wildman–Crippen LogP) is 1.60. The van der Waals surface area contributed by atoms with Crippen LogP contribution in [-0.2, 0) is 4.79 Å². The van der Waals surface area contributed by atoms with Gasteiger partial charge >= 0.3 is 11.7 Å². The van der Waals surface area contributed by atoms with Gasteiger partial charge in [0, 0.05) is 6.07 Å². The second-order valence-electron chi connectivity index (χ2n) is 3.35. The number of phenolic OH excluding ortho intramolecular Hbond substituents is 1. The first-order chi connectivity index (χ1) is 8.45. The van der Waals surface area contributed by atoms with Gasteiger partial charge in [0.15, 0.2) is 6.29 Å². The van der Waals surface area contributed by atoms with Crippen LogP contribution in [0.5, 0.6) is 5.75 Å². The van der Waals surface area contributed by atoms with Gasteiger partial charge in [0.25, 0.3) is 0 Å². The van der Waals surface area contributed by atoms with E-state index in [4.69, 9.17) is 5.11 Å². The van der Waals surface area contributed by atoms with E-state index < -0.39 is 22.3 Å². The summed E-state index contributed by atoms with van der Waals surface area (Å²) in [6, 6.07) is 2.29. The van der Waals surface area contributed by atoms with Gasteiger partial charge in [-0.05, 0) is 11.6 Å². The van der Waals surface area contributed by atoms with Crippen LogP contribution in [0.25, 0.3) is 6.08 Å². The SMILES string of the molecule is O=Cc1cc(C=CCC(=O)O)cc([N+](=O)[O-])c1O. The van der Waals surface area contributed by atoms with Crippen molar-refractivity contribution in [2.45, 2.75) is 6.42 Å². The fraction of sp³-hybridized carbons (Fsp3) is 0.0909. The Morgan fingerprint density at radius 1 is 1.44 bits per heavy atom. The zero-order valence-electron chi connectivity index (χ0n) is 9.07. The molecule has 0 aliphatic carbocycles. The number of rotatable bonds is 5. The van der Waals surface area contributed by atoms with Crippen molar-refractivity contribution < 1.29 is 24.7 Å². The number of carboxylic acid groups (broad SMARTS) is 1. The number of hydrogen-bond acceptors (Lipinski definition) is 5. The number of hydrogen-bond donors (Lipinski definition) is 2. The number of carboxylic acids is 1. The summed E-state index contributed by atoms with van der Waals surface area (Å²) < 4.78 is 0. The van der Waals surface area contributed by atoms with Crippen molar-refractivity contribution >= 4 is 24.0 Å². The van der Waals surface area contributed by atoms with Crippen LogP contribution in [0, 0.1) is 10.1 Å². The molecule has 18 heavy (non-hydrogen) atoms. The maximum atomic E-state index is 10.6. The van der Waals surface area contributed by atoms with Crippen molar-refractivity contribution in [3.8, 4) is 5.75 Å². The maximum Gasteiger partial charge on any atom is 0.312 e. The molecule has 7 heteroatoms. The summed E-state index contributed by atoms with van der Waals surface area (Å²) in [7, 11) is 0. The van der Waals surface area contributed by atoms with Gasteiger partial charge in [-0.15, -0.1) is 0 Å². The van der Waals surface area contributed by atoms with E-state index in [2.05, 4.69) is 0 Å². The third kappa shape index (κ3) is 3.14. The minimum Gasteiger partial charge on any atom is -0.502 e. The molecule has 0 fully saturated rings. The molecule has 0 unspecified atom stereocenters. The van der Waals surface area contributed by atoms with E-state index in [1.807, 2.05) is 0 Å². The average Bonchev–Trinajstić information content (AvgIpc) is 2.30. The number of aldehydes is 1. The number of nitro benzene ring substituents is 1. The Kier molecular flexibility index (Phi) is 4.14. The fourth-order valence-corrected chi connectivity index (χ4v) is 1.28. The first-order valence-electron chi connectivity index (χ1n) is 4.80. The van der Waals surface area contributed by atoms with Gasteiger partial charge in [-0.25, -0.2) is 0 Å². The Labute approximate surface area is 101 Å². The summed E-state index contributed by atoms with van der Waals surface area (Å²) in [5.41, 5.74) is -0.559. The Balaban J connectivity index is 3.17. The fourth-order valence-electron chi connectivity index (χ4n) is 1.28. The third-order valence-corrected chi connectivity index (χ3v) is 2.07. The quantitative estimate of drug-likeness (QED) is 0.466. The first kappa shape index (κ1) is 13.4. The van der Waals surface area contributed by atoms with E-state index in [0.29, 0.717) is 0 Å². The molecule has 0 atom stereocenters. The smallest absolute Gasteiger partial charge is 0.312 e. The van der Waals surface area contributed by atoms with Crippen LogP contribution in [0.3, 0.4) is 0 Å². The van der Waals surface area contributed by atoms with Gasteiger partial charge in [-0.2, -0.15) is 0 Å².